The number of hydrogen-bond donors (Lipinski definition) is 1. The van der Waals surface area contributed by atoms with Gasteiger partial charge in [-0.25, -0.2) is 13.4 Å². The van der Waals surface area contributed by atoms with Crippen molar-refractivity contribution >= 4 is 37.3 Å². The minimum atomic E-state index is -3.78. The summed E-state index contributed by atoms with van der Waals surface area (Å²) in [6, 6.07) is 6.86. The molecule has 0 saturated carbocycles. The fourth-order valence-electron chi connectivity index (χ4n) is 1.94. The van der Waals surface area contributed by atoms with E-state index in [1.807, 2.05) is 24.3 Å². The van der Waals surface area contributed by atoms with E-state index in [9.17, 15) is 8.42 Å². The maximum Gasteiger partial charge on any atom is 0.259 e. The number of halogens is 1. The lowest BCUT2D eigenvalue weighted by Crippen LogP contribution is -2.27. The molecule has 0 amide bonds. The van der Waals surface area contributed by atoms with Crippen LogP contribution in [-0.4, -0.2) is 23.5 Å². The molecule has 10 heteroatoms. The van der Waals surface area contributed by atoms with Crippen LogP contribution < -0.4 is 4.72 Å². The van der Waals surface area contributed by atoms with E-state index in [4.69, 9.17) is 4.52 Å². The zero-order valence-corrected chi connectivity index (χ0v) is 15.9. The molecule has 1 atom stereocenters. The van der Waals surface area contributed by atoms with Crippen molar-refractivity contribution in [2.75, 3.05) is 0 Å². The van der Waals surface area contributed by atoms with Crippen molar-refractivity contribution < 1.29 is 12.9 Å². The first-order chi connectivity index (χ1) is 11.3. The second kappa shape index (κ2) is 6.71. The van der Waals surface area contributed by atoms with Crippen molar-refractivity contribution in [2.24, 2.45) is 0 Å². The number of hydrogen-bond acceptors (Lipinski definition) is 7. The van der Waals surface area contributed by atoms with E-state index in [2.05, 4.69) is 35.8 Å². The van der Waals surface area contributed by atoms with E-state index in [1.54, 1.807) is 13.8 Å². The van der Waals surface area contributed by atoms with Crippen molar-refractivity contribution in [2.45, 2.75) is 24.9 Å². The van der Waals surface area contributed by atoms with Gasteiger partial charge in [0.05, 0.1) is 6.04 Å². The summed E-state index contributed by atoms with van der Waals surface area (Å²) in [4.78, 5) is 8.24. The molecule has 0 fully saturated rings. The lowest BCUT2D eigenvalue weighted by atomic mass is 10.2. The summed E-state index contributed by atoms with van der Waals surface area (Å²) in [6.45, 7) is 3.30. The topological polar surface area (TPSA) is 98.0 Å². The van der Waals surface area contributed by atoms with Gasteiger partial charge in [0.1, 0.15) is 5.01 Å². The third-order valence-corrected chi connectivity index (χ3v) is 6.09. The highest BCUT2D eigenvalue weighted by Crippen LogP contribution is 2.27. The first kappa shape index (κ1) is 17.2. The summed E-state index contributed by atoms with van der Waals surface area (Å²) in [6.07, 6.45) is 0. The van der Waals surface area contributed by atoms with Crippen LogP contribution in [0.15, 0.2) is 43.7 Å². The summed E-state index contributed by atoms with van der Waals surface area (Å²) in [5.74, 6) is 0.654. The van der Waals surface area contributed by atoms with Gasteiger partial charge >= 0.3 is 0 Å². The molecule has 3 rings (SSSR count). The number of nitrogens with one attached hydrogen (secondary N) is 1. The largest absolute Gasteiger partial charge is 0.338 e. The summed E-state index contributed by atoms with van der Waals surface area (Å²) in [5, 5.41) is 5.75. The third-order valence-electron chi connectivity index (χ3n) is 3.10. The Hall–Kier alpha value is -1.62. The Balaban J connectivity index is 1.81. The molecular formula is C14H13BrN4O3S2. The van der Waals surface area contributed by atoms with Gasteiger partial charge in [0, 0.05) is 15.4 Å². The van der Waals surface area contributed by atoms with Crippen molar-refractivity contribution in [3.63, 3.8) is 0 Å². The van der Waals surface area contributed by atoms with Gasteiger partial charge < -0.3 is 4.52 Å². The fraction of sp³-hybridized carbons (Fsp3) is 0.214. The van der Waals surface area contributed by atoms with Crippen LogP contribution >= 0.6 is 27.3 Å². The van der Waals surface area contributed by atoms with Gasteiger partial charge in [-0.2, -0.15) is 9.71 Å². The maximum absolute atomic E-state index is 12.5. The number of sulfonamides is 1. The van der Waals surface area contributed by atoms with Gasteiger partial charge in [0.2, 0.25) is 5.89 Å². The Morgan fingerprint density at radius 3 is 2.58 bits per heavy atom. The minimum absolute atomic E-state index is 0.0338. The van der Waals surface area contributed by atoms with Crippen LogP contribution in [0, 0.1) is 6.92 Å². The molecule has 2 heterocycles. The van der Waals surface area contributed by atoms with E-state index in [-0.39, 0.29) is 10.9 Å². The van der Waals surface area contributed by atoms with Crippen LogP contribution in [0.1, 0.15) is 24.7 Å². The molecule has 0 bridgehead atoms. The Labute approximate surface area is 151 Å². The molecule has 3 aromatic rings. The monoisotopic (exact) mass is 428 g/mol. The summed E-state index contributed by atoms with van der Waals surface area (Å²) < 4.78 is 33.3. The normalized spacial score (nSPS) is 13.1. The highest BCUT2D eigenvalue weighted by molar-refractivity contribution is 9.10. The van der Waals surface area contributed by atoms with Crippen LogP contribution in [0.3, 0.4) is 0 Å². The molecule has 1 N–H and O–H groups in total. The summed E-state index contributed by atoms with van der Waals surface area (Å²) in [7, 11) is -3.78. The predicted octanol–water partition coefficient (Wildman–Crippen LogP) is 3.30. The molecule has 0 aliphatic carbocycles. The Kier molecular flexibility index (Phi) is 4.81. The van der Waals surface area contributed by atoms with E-state index in [1.165, 1.54) is 16.7 Å². The zero-order chi connectivity index (χ0) is 17.3. The second-order valence-corrected chi connectivity index (χ2v) is 8.46. The third kappa shape index (κ3) is 3.72. The highest BCUT2D eigenvalue weighted by Gasteiger charge is 2.24. The van der Waals surface area contributed by atoms with E-state index >= 15 is 0 Å². The smallest absolute Gasteiger partial charge is 0.259 e. The lowest BCUT2D eigenvalue weighted by molar-refractivity contribution is 0.350. The van der Waals surface area contributed by atoms with Crippen LogP contribution in [0.5, 0.6) is 0 Å². The molecule has 0 spiro atoms. The number of aromatic nitrogens is 3. The van der Waals surface area contributed by atoms with Crippen molar-refractivity contribution in [1.82, 2.24) is 19.8 Å². The lowest BCUT2D eigenvalue weighted by Gasteiger charge is -2.08. The second-order valence-electron chi connectivity index (χ2n) is 5.02. The first-order valence-electron chi connectivity index (χ1n) is 6.89. The van der Waals surface area contributed by atoms with E-state index < -0.39 is 16.1 Å². The molecule has 0 radical (unpaired) electrons. The average molecular weight is 429 g/mol. The number of benzene rings is 1. The molecule has 7 nitrogen and oxygen atoms in total. The fourth-order valence-corrected chi connectivity index (χ4v) is 4.50. The quantitative estimate of drug-likeness (QED) is 0.669. The van der Waals surface area contributed by atoms with Gasteiger partial charge in [-0.3, -0.25) is 0 Å². The summed E-state index contributed by atoms with van der Waals surface area (Å²) >= 11 is 4.63. The van der Waals surface area contributed by atoms with Crippen LogP contribution in [0.25, 0.3) is 10.6 Å². The molecule has 0 aliphatic heterocycles. The Morgan fingerprint density at radius 1 is 1.25 bits per heavy atom. The molecule has 126 valence electrons. The summed E-state index contributed by atoms with van der Waals surface area (Å²) in [5.41, 5.74) is 0.852. The average Bonchev–Trinajstić information content (AvgIpc) is 3.17. The van der Waals surface area contributed by atoms with E-state index in [0.29, 0.717) is 10.8 Å². The van der Waals surface area contributed by atoms with Crippen LogP contribution in [0.4, 0.5) is 0 Å². The number of thiazole rings is 1. The minimum Gasteiger partial charge on any atom is -0.338 e. The number of nitrogens with zero attached hydrogens (tertiary/aromatic N) is 3. The zero-order valence-electron chi connectivity index (χ0n) is 12.7. The van der Waals surface area contributed by atoms with Gasteiger partial charge in [-0.05, 0) is 26.0 Å². The van der Waals surface area contributed by atoms with Crippen molar-refractivity contribution in [3.8, 4) is 10.6 Å². The SMILES string of the molecule is Cc1noc(C(C)NS(=O)(=O)c2csc(-c3ccc(Br)cc3)n2)n1. The molecular weight excluding hydrogens is 416 g/mol. The molecule has 2 aromatic heterocycles. The van der Waals surface area contributed by atoms with Gasteiger partial charge in [-0.15, -0.1) is 11.3 Å². The molecule has 0 aliphatic rings. The van der Waals surface area contributed by atoms with Gasteiger partial charge in [0.25, 0.3) is 10.0 Å². The van der Waals surface area contributed by atoms with E-state index in [0.717, 1.165) is 10.0 Å². The predicted molar refractivity (Wildman–Crippen MR) is 93.0 cm³/mol. The Bertz CT molecular complexity index is 951. The maximum atomic E-state index is 12.5. The number of aryl methyl sites for hydroxylation is 1. The molecule has 1 aromatic carbocycles. The van der Waals surface area contributed by atoms with Crippen molar-refractivity contribution in [1.29, 1.82) is 0 Å². The number of rotatable bonds is 5. The van der Waals surface area contributed by atoms with Gasteiger partial charge in [-0.1, -0.05) is 33.2 Å². The molecule has 24 heavy (non-hydrogen) atoms. The standard InChI is InChI=1S/C14H13BrN4O3S2/c1-8(13-16-9(2)18-22-13)19-24(20,21)12-7-23-14(17-12)10-3-5-11(15)6-4-10/h3-8,19H,1-2H3. The molecule has 0 saturated heterocycles. The Morgan fingerprint density at radius 2 is 1.96 bits per heavy atom. The molecule has 1 unspecified atom stereocenters. The first-order valence-corrected chi connectivity index (χ1v) is 10.0. The van der Waals surface area contributed by atoms with Gasteiger partial charge in [0.15, 0.2) is 10.9 Å². The van der Waals surface area contributed by atoms with Crippen LogP contribution in [-0.2, 0) is 10.0 Å². The van der Waals surface area contributed by atoms with Crippen molar-refractivity contribution in [3.05, 3.63) is 45.8 Å². The van der Waals surface area contributed by atoms with Crippen LogP contribution in [0.2, 0.25) is 0 Å². The highest BCUT2D eigenvalue weighted by atomic mass is 79.9.